The van der Waals surface area contributed by atoms with Crippen molar-refractivity contribution in [3.8, 4) is 0 Å². The highest BCUT2D eigenvalue weighted by Gasteiger charge is 2.29. The second kappa shape index (κ2) is 5.70. The second-order valence-electron chi connectivity index (χ2n) is 5.82. The fourth-order valence-electron chi connectivity index (χ4n) is 3.70. The first kappa shape index (κ1) is 12.0. The van der Waals surface area contributed by atoms with E-state index in [1.54, 1.807) is 0 Å². The Labute approximate surface area is 101 Å². The van der Waals surface area contributed by atoms with Gasteiger partial charge < -0.3 is 0 Å². The molecule has 0 unspecified atom stereocenters. The van der Waals surface area contributed by atoms with Crippen molar-refractivity contribution >= 4 is 0 Å². The summed E-state index contributed by atoms with van der Waals surface area (Å²) in [6.07, 6.45) is 15.8. The standard InChI is InChI=1S/C16H26/c1-3-13-5-9-15(10-6-13)16-11-7-14(4-2)8-12-16/h3-4,13-16H,1-2,5-12H2/t13-,14?,15-,16?. The molecule has 2 saturated carbocycles. The van der Waals surface area contributed by atoms with Gasteiger partial charge in [0.1, 0.15) is 0 Å². The molecular weight excluding hydrogens is 192 g/mol. The van der Waals surface area contributed by atoms with E-state index >= 15 is 0 Å². The lowest BCUT2D eigenvalue weighted by atomic mass is 9.69. The molecule has 0 bridgehead atoms. The van der Waals surface area contributed by atoms with Gasteiger partial charge in [0.2, 0.25) is 0 Å². The van der Waals surface area contributed by atoms with Crippen LogP contribution in [0.4, 0.5) is 0 Å². The molecule has 0 aromatic heterocycles. The fourth-order valence-corrected chi connectivity index (χ4v) is 3.70. The van der Waals surface area contributed by atoms with Crippen molar-refractivity contribution in [2.45, 2.75) is 51.4 Å². The van der Waals surface area contributed by atoms with E-state index in [1.165, 1.54) is 51.4 Å². The molecule has 2 fully saturated rings. The van der Waals surface area contributed by atoms with Gasteiger partial charge in [-0.25, -0.2) is 0 Å². The van der Waals surface area contributed by atoms with Gasteiger partial charge in [-0.15, -0.1) is 13.2 Å². The molecular formula is C16H26. The minimum absolute atomic E-state index is 0.820. The molecule has 2 rings (SSSR count). The van der Waals surface area contributed by atoms with E-state index in [-0.39, 0.29) is 0 Å². The normalized spacial score (nSPS) is 40.2. The van der Waals surface area contributed by atoms with Gasteiger partial charge in [-0.1, -0.05) is 12.2 Å². The molecule has 2 aliphatic carbocycles. The van der Waals surface area contributed by atoms with Crippen molar-refractivity contribution in [1.29, 1.82) is 0 Å². The SMILES string of the molecule is C=CC1CCC([C@H]2CC[C@H](C=C)CC2)CC1. The molecule has 90 valence electrons. The first-order chi connectivity index (χ1) is 7.83. The smallest absolute Gasteiger partial charge is 0.0236 e. The van der Waals surface area contributed by atoms with Crippen molar-refractivity contribution in [3.63, 3.8) is 0 Å². The summed E-state index contributed by atoms with van der Waals surface area (Å²) in [5, 5.41) is 0. The highest BCUT2D eigenvalue weighted by molar-refractivity contribution is 4.89. The molecule has 0 heteroatoms. The monoisotopic (exact) mass is 218 g/mol. The van der Waals surface area contributed by atoms with Gasteiger partial charge in [0.05, 0.1) is 0 Å². The Hall–Kier alpha value is -0.520. The Kier molecular flexibility index (Phi) is 4.26. The average molecular weight is 218 g/mol. The summed E-state index contributed by atoms with van der Waals surface area (Å²) >= 11 is 0. The molecule has 0 N–H and O–H groups in total. The van der Waals surface area contributed by atoms with Crippen LogP contribution in [0, 0.1) is 23.7 Å². The zero-order chi connectivity index (χ0) is 11.4. The Morgan fingerprint density at radius 1 is 0.562 bits per heavy atom. The van der Waals surface area contributed by atoms with Crippen LogP contribution in [0.15, 0.2) is 25.3 Å². The van der Waals surface area contributed by atoms with Crippen molar-refractivity contribution in [3.05, 3.63) is 25.3 Å². The first-order valence-electron chi connectivity index (χ1n) is 7.08. The van der Waals surface area contributed by atoms with Gasteiger partial charge in [0.25, 0.3) is 0 Å². The van der Waals surface area contributed by atoms with Crippen LogP contribution in [0.1, 0.15) is 51.4 Å². The van der Waals surface area contributed by atoms with Crippen molar-refractivity contribution in [2.24, 2.45) is 23.7 Å². The minimum atomic E-state index is 0.820. The maximum atomic E-state index is 3.93. The third-order valence-corrected chi connectivity index (χ3v) is 4.97. The summed E-state index contributed by atoms with van der Waals surface area (Å²) in [7, 11) is 0. The van der Waals surface area contributed by atoms with Crippen LogP contribution >= 0.6 is 0 Å². The summed E-state index contributed by atoms with van der Waals surface area (Å²) in [5.74, 6) is 3.70. The van der Waals surface area contributed by atoms with Gasteiger partial charge >= 0.3 is 0 Å². The van der Waals surface area contributed by atoms with Crippen molar-refractivity contribution < 1.29 is 0 Å². The highest BCUT2D eigenvalue weighted by Crippen LogP contribution is 2.41. The lowest BCUT2D eigenvalue weighted by Gasteiger charge is -2.36. The molecule has 0 aromatic rings. The van der Waals surface area contributed by atoms with E-state index in [1.807, 2.05) is 0 Å². The van der Waals surface area contributed by atoms with Crippen LogP contribution in [-0.4, -0.2) is 0 Å². The maximum absolute atomic E-state index is 3.93. The van der Waals surface area contributed by atoms with E-state index in [2.05, 4.69) is 25.3 Å². The predicted molar refractivity (Wildman–Crippen MR) is 71.3 cm³/mol. The van der Waals surface area contributed by atoms with Gasteiger partial charge in [-0.05, 0) is 75.0 Å². The van der Waals surface area contributed by atoms with Gasteiger partial charge in [0.15, 0.2) is 0 Å². The zero-order valence-electron chi connectivity index (χ0n) is 10.5. The minimum Gasteiger partial charge on any atom is -0.103 e. The number of hydrogen-bond acceptors (Lipinski definition) is 0. The Bertz CT molecular complexity index is 198. The third-order valence-electron chi connectivity index (χ3n) is 4.97. The number of allylic oxidation sites excluding steroid dienone is 2. The summed E-state index contributed by atoms with van der Waals surface area (Å²) < 4.78 is 0. The lowest BCUT2D eigenvalue weighted by Crippen LogP contribution is -2.24. The van der Waals surface area contributed by atoms with Crippen molar-refractivity contribution in [1.82, 2.24) is 0 Å². The quantitative estimate of drug-likeness (QED) is 0.587. The molecule has 0 aromatic carbocycles. The molecule has 0 spiro atoms. The molecule has 0 aliphatic heterocycles. The Morgan fingerprint density at radius 2 is 0.875 bits per heavy atom. The second-order valence-corrected chi connectivity index (χ2v) is 5.82. The molecule has 16 heavy (non-hydrogen) atoms. The predicted octanol–water partition coefficient (Wildman–Crippen LogP) is 4.97. The van der Waals surface area contributed by atoms with E-state index in [4.69, 9.17) is 0 Å². The third kappa shape index (κ3) is 2.78. The van der Waals surface area contributed by atoms with Crippen LogP contribution < -0.4 is 0 Å². The molecule has 0 radical (unpaired) electrons. The Morgan fingerprint density at radius 3 is 1.12 bits per heavy atom. The van der Waals surface area contributed by atoms with Crippen molar-refractivity contribution in [2.75, 3.05) is 0 Å². The summed E-state index contributed by atoms with van der Waals surface area (Å²) in [6.45, 7) is 7.86. The summed E-state index contributed by atoms with van der Waals surface area (Å²) in [5.41, 5.74) is 0. The largest absolute Gasteiger partial charge is 0.103 e. The zero-order valence-corrected chi connectivity index (χ0v) is 10.5. The Balaban J connectivity index is 1.77. The average Bonchev–Trinajstić information content (AvgIpc) is 2.39. The summed E-state index contributed by atoms with van der Waals surface area (Å²) in [4.78, 5) is 0. The number of hydrogen-bond donors (Lipinski definition) is 0. The van der Waals surface area contributed by atoms with E-state index in [9.17, 15) is 0 Å². The van der Waals surface area contributed by atoms with Crippen LogP contribution in [0.25, 0.3) is 0 Å². The fraction of sp³-hybridized carbons (Fsp3) is 0.750. The molecule has 0 heterocycles. The molecule has 2 aliphatic rings. The van der Waals surface area contributed by atoms with Gasteiger partial charge in [-0.3, -0.25) is 0 Å². The van der Waals surface area contributed by atoms with Gasteiger partial charge in [0, 0.05) is 0 Å². The molecule has 0 nitrogen and oxygen atoms in total. The van der Waals surface area contributed by atoms with E-state index in [0.717, 1.165) is 23.7 Å². The topological polar surface area (TPSA) is 0 Å². The van der Waals surface area contributed by atoms with Crippen LogP contribution in [-0.2, 0) is 0 Å². The molecule has 0 saturated heterocycles. The van der Waals surface area contributed by atoms with Crippen LogP contribution in [0.3, 0.4) is 0 Å². The van der Waals surface area contributed by atoms with E-state index in [0.29, 0.717) is 0 Å². The van der Waals surface area contributed by atoms with Crippen LogP contribution in [0.5, 0.6) is 0 Å². The highest BCUT2D eigenvalue weighted by atomic mass is 14.3. The summed E-state index contributed by atoms with van der Waals surface area (Å²) in [6, 6.07) is 0. The molecule has 0 amide bonds. The lowest BCUT2D eigenvalue weighted by molar-refractivity contribution is 0.166. The number of rotatable bonds is 3. The van der Waals surface area contributed by atoms with Gasteiger partial charge in [-0.2, -0.15) is 0 Å². The maximum Gasteiger partial charge on any atom is -0.0236 e. The van der Waals surface area contributed by atoms with E-state index < -0.39 is 0 Å². The van der Waals surface area contributed by atoms with Crippen LogP contribution in [0.2, 0.25) is 0 Å². The molecule has 0 atom stereocenters. The first-order valence-corrected chi connectivity index (χ1v) is 7.08.